The van der Waals surface area contributed by atoms with E-state index in [2.05, 4.69) is 20.9 Å². The number of anilines is 2. The Morgan fingerprint density at radius 3 is 2.43 bits per heavy atom. The minimum Gasteiger partial charge on any atom is -0.304 e. The van der Waals surface area contributed by atoms with Gasteiger partial charge in [-0.15, -0.1) is 0 Å². The third-order valence-corrected chi connectivity index (χ3v) is 4.08. The van der Waals surface area contributed by atoms with Crippen LogP contribution in [0.2, 0.25) is 0 Å². The van der Waals surface area contributed by atoms with Gasteiger partial charge in [-0.1, -0.05) is 22.9 Å². The van der Waals surface area contributed by atoms with Crippen LogP contribution in [0.3, 0.4) is 0 Å². The molecule has 2 aromatic rings. The molecule has 0 bridgehead atoms. The lowest BCUT2D eigenvalue weighted by Gasteiger charge is -2.36. The van der Waals surface area contributed by atoms with Gasteiger partial charge in [0.15, 0.2) is 0 Å². The Bertz CT molecular complexity index is 676. The third kappa shape index (κ3) is 3.86. The lowest BCUT2D eigenvalue weighted by Crippen LogP contribution is -2.42. The molecular formula is C16H19BrN4O2. The molecule has 0 saturated heterocycles. The van der Waals surface area contributed by atoms with Gasteiger partial charge in [0.2, 0.25) is 5.82 Å². The molecule has 0 N–H and O–H groups in total. The van der Waals surface area contributed by atoms with Crippen LogP contribution in [0.4, 0.5) is 17.2 Å². The maximum absolute atomic E-state index is 11.4. The maximum atomic E-state index is 11.4. The molecule has 1 aromatic heterocycles. The molecule has 2 rings (SSSR count). The van der Waals surface area contributed by atoms with Gasteiger partial charge in [0, 0.05) is 22.4 Å². The minimum atomic E-state index is -0.392. The summed E-state index contributed by atoms with van der Waals surface area (Å²) in [6.07, 6.45) is 2.32. The van der Waals surface area contributed by atoms with Crippen LogP contribution in [-0.4, -0.2) is 35.1 Å². The molecular weight excluding hydrogens is 360 g/mol. The van der Waals surface area contributed by atoms with Crippen molar-refractivity contribution in [1.29, 1.82) is 0 Å². The zero-order valence-electron chi connectivity index (χ0n) is 13.3. The number of hydrogen-bond acceptors (Lipinski definition) is 5. The molecule has 0 amide bonds. The molecule has 0 radical (unpaired) electrons. The zero-order chi connectivity index (χ0) is 17.0. The van der Waals surface area contributed by atoms with Gasteiger partial charge < -0.3 is 4.90 Å². The van der Waals surface area contributed by atoms with Crippen molar-refractivity contribution in [1.82, 2.24) is 9.88 Å². The van der Waals surface area contributed by atoms with Gasteiger partial charge >= 0.3 is 5.69 Å². The van der Waals surface area contributed by atoms with Crippen LogP contribution < -0.4 is 4.90 Å². The van der Waals surface area contributed by atoms with Crippen LogP contribution in [0.5, 0.6) is 0 Å². The highest BCUT2D eigenvalue weighted by molar-refractivity contribution is 9.10. The number of nitrogens with zero attached hydrogens (tertiary/aromatic N) is 4. The second-order valence-corrected chi connectivity index (χ2v) is 6.22. The fourth-order valence-electron chi connectivity index (χ4n) is 2.53. The van der Waals surface area contributed by atoms with E-state index in [0.29, 0.717) is 5.82 Å². The number of pyridine rings is 1. The zero-order valence-corrected chi connectivity index (χ0v) is 14.9. The first-order valence-electron chi connectivity index (χ1n) is 7.26. The lowest BCUT2D eigenvalue weighted by atomic mass is 10.2. The Hall–Kier alpha value is -1.99. The molecule has 0 aliphatic carbocycles. The minimum absolute atomic E-state index is 0.00396. The fraction of sp³-hybridized carbons (Fsp3) is 0.312. The molecule has 0 aliphatic rings. The summed E-state index contributed by atoms with van der Waals surface area (Å²) < 4.78 is 0.953. The van der Waals surface area contributed by atoms with Crippen LogP contribution in [0.25, 0.3) is 0 Å². The first kappa shape index (κ1) is 17.4. The molecule has 0 aliphatic heterocycles. The van der Waals surface area contributed by atoms with Crippen molar-refractivity contribution in [2.45, 2.75) is 19.5 Å². The summed E-state index contributed by atoms with van der Waals surface area (Å²) in [6, 6.07) is 10.7. The molecule has 1 unspecified atom stereocenters. The highest BCUT2D eigenvalue weighted by Crippen LogP contribution is 2.35. The topological polar surface area (TPSA) is 62.5 Å². The highest BCUT2D eigenvalue weighted by atomic mass is 79.9. The molecule has 0 spiro atoms. The van der Waals surface area contributed by atoms with Crippen molar-refractivity contribution in [3.63, 3.8) is 0 Å². The standard InChI is InChI=1S/C16H19BrN4O2/c1-4-15(19(2)3)20(13-9-7-12(17)8-10-13)16-14(21(22)23)6-5-11-18-16/h5-11,15H,4H2,1-3H3. The Balaban J connectivity index is 2.62. The summed E-state index contributed by atoms with van der Waals surface area (Å²) in [5, 5.41) is 11.4. The van der Waals surface area contributed by atoms with Gasteiger partial charge in [0.1, 0.15) is 0 Å². The second kappa shape index (κ2) is 7.52. The van der Waals surface area contributed by atoms with E-state index in [0.717, 1.165) is 16.6 Å². The number of rotatable bonds is 6. The molecule has 0 saturated carbocycles. The summed E-state index contributed by atoms with van der Waals surface area (Å²) in [6.45, 7) is 2.05. The van der Waals surface area contributed by atoms with Crippen LogP contribution in [0.1, 0.15) is 13.3 Å². The van der Waals surface area contributed by atoms with E-state index in [9.17, 15) is 10.1 Å². The first-order chi connectivity index (χ1) is 11.0. The van der Waals surface area contributed by atoms with Crippen LogP contribution in [0.15, 0.2) is 47.1 Å². The van der Waals surface area contributed by atoms with E-state index in [1.807, 2.05) is 55.1 Å². The Morgan fingerprint density at radius 1 is 1.26 bits per heavy atom. The van der Waals surface area contributed by atoms with E-state index < -0.39 is 4.92 Å². The van der Waals surface area contributed by atoms with Crippen LogP contribution in [0, 0.1) is 10.1 Å². The molecule has 1 heterocycles. The van der Waals surface area contributed by atoms with Crippen molar-refractivity contribution in [2.24, 2.45) is 0 Å². The van der Waals surface area contributed by atoms with Crippen molar-refractivity contribution >= 4 is 33.1 Å². The Morgan fingerprint density at radius 2 is 1.91 bits per heavy atom. The van der Waals surface area contributed by atoms with Gasteiger partial charge in [0.05, 0.1) is 11.1 Å². The molecule has 23 heavy (non-hydrogen) atoms. The smallest absolute Gasteiger partial charge is 0.304 e. The largest absolute Gasteiger partial charge is 0.311 e. The summed E-state index contributed by atoms with van der Waals surface area (Å²) in [7, 11) is 3.91. The molecule has 0 fully saturated rings. The molecule has 1 atom stereocenters. The summed E-state index contributed by atoms with van der Waals surface area (Å²) >= 11 is 3.42. The number of nitro groups is 1. The van der Waals surface area contributed by atoms with E-state index in [1.165, 1.54) is 6.07 Å². The second-order valence-electron chi connectivity index (χ2n) is 5.30. The average Bonchev–Trinajstić information content (AvgIpc) is 2.53. The van der Waals surface area contributed by atoms with Gasteiger partial charge in [-0.25, -0.2) is 4.98 Å². The van der Waals surface area contributed by atoms with Gasteiger partial charge in [0.25, 0.3) is 0 Å². The van der Waals surface area contributed by atoms with Gasteiger partial charge in [-0.3, -0.25) is 15.0 Å². The van der Waals surface area contributed by atoms with Crippen molar-refractivity contribution in [3.8, 4) is 0 Å². The molecule has 7 heteroatoms. The van der Waals surface area contributed by atoms with Gasteiger partial charge in [-0.05, 0) is 50.8 Å². The van der Waals surface area contributed by atoms with Crippen LogP contribution in [-0.2, 0) is 0 Å². The summed E-state index contributed by atoms with van der Waals surface area (Å²) in [4.78, 5) is 19.2. The van der Waals surface area contributed by atoms with E-state index in [-0.39, 0.29) is 11.9 Å². The number of aromatic nitrogens is 1. The monoisotopic (exact) mass is 378 g/mol. The summed E-state index contributed by atoms with van der Waals surface area (Å²) in [5.41, 5.74) is 0.853. The van der Waals surface area contributed by atoms with Crippen LogP contribution >= 0.6 is 15.9 Å². The Kier molecular flexibility index (Phi) is 5.68. The normalized spacial score (nSPS) is 12.2. The Labute approximate surface area is 144 Å². The van der Waals surface area contributed by atoms with Crippen molar-refractivity contribution < 1.29 is 4.92 Å². The predicted octanol–water partition coefficient (Wildman–Crippen LogP) is 4.19. The van der Waals surface area contributed by atoms with E-state index >= 15 is 0 Å². The molecule has 6 nitrogen and oxygen atoms in total. The lowest BCUT2D eigenvalue weighted by molar-refractivity contribution is -0.384. The van der Waals surface area contributed by atoms with E-state index in [1.54, 1.807) is 12.3 Å². The number of halogens is 1. The fourth-order valence-corrected chi connectivity index (χ4v) is 2.80. The van der Waals surface area contributed by atoms with Gasteiger partial charge in [-0.2, -0.15) is 0 Å². The highest BCUT2D eigenvalue weighted by Gasteiger charge is 2.28. The predicted molar refractivity (Wildman–Crippen MR) is 94.9 cm³/mol. The number of hydrogen-bond donors (Lipinski definition) is 0. The SMILES string of the molecule is CCC(N(C)C)N(c1ccc(Br)cc1)c1ncccc1[N+](=O)[O-]. The van der Waals surface area contributed by atoms with E-state index in [4.69, 9.17) is 0 Å². The summed E-state index contributed by atoms with van der Waals surface area (Å²) in [5.74, 6) is 0.348. The average molecular weight is 379 g/mol. The maximum Gasteiger partial charge on any atom is 0.311 e. The molecule has 122 valence electrons. The van der Waals surface area contributed by atoms with Crippen molar-refractivity contribution in [2.75, 3.05) is 19.0 Å². The molecule has 1 aromatic carbocycles. The number of benzene rings is 1. The third-order valence-electron chi connectivity index (χ3n) is 3.56. The van der Waals surface area contributed by atoms with Crippen molar-refractivity contribution in [3.05, 3.63) is 57.2 Å². The quantitative estimate of drug-likeness (QED) is 0.428. The first-order valence-corrected chi connectivity index (χ1v) is 8.05.